The number of nitrogens with zero attached hydrogens (tertiary/aromatic N) is 2. The molecule has 0 bridgehead atoms. The van der Waals surface area contributed by atoms with E-state index in [1.807, 2.05) is 48.5 Å². The zero-order valence-corrected chi connectivity index (χ0v) is 25.6. The van der Waals surface area contributed by atoms with Crippen LogP contribution in [0.1, 0.15) is 15.9 Å². The fraction of sp³-hybridized carbons (Fsp3) is 0.206. The number of rotatable bonds is 8. The molecule has 0 saturated carbocycles. The van der Waals surface area contributed by atoms with Gasteiger partial charge in [-0.05, 0) is 65.7 Å². The van der Waals surface area contributed by atoms with Crippen molar-refractivity contribution in [2.45, 2.75) is 11.8 Å². The summed E-state index contributed by atoms with van der Waals surface area (Å²) >= 11 is 0. The normalized spacial score (nSPS) is 13.9. The van der Waals surface area contributed by atoms with Crippen LogP contribution in [0.3, 0.4) is 0 Å². The number of methoxy groups -OCH3 is 1. The van der Waals surface area contributed by atoms with E-state index in [-0.39, 0.29) is 29.2 Å². The number of amides is 1. The number of sulfonamides is 1. The lowest BCUT2D eigenvalue weighted by Crippen LogP contribution is -2.40. The summed E-state index contributed by atoms with van der Waals surface area (Å²) in [6.07, 6.45) is 0. The van der Waals surface area contributed by atoms with Gasteiger partial charge < -0.3 is 19.5 Å². The molecule has 6 rings (SSSR count). The van der Waals surface area contributed by atoms with Gasteiger partial charge in [0.1, 0.15) is 5.75 Å². The predicted octanol–water partition coefficient (Wildman–Crippen LogP) is 5.19. The van der Waals surface area contributed by atoms with E-state index in [0.717, 1.165) is 22.1 Å². The van der Waals surface area contributed by atoms with E-state index in [1.54, 1.807) is 44.4 Å². The molecule has 230 valence electrons. The monoisotopic (exact) mass is 625 g/mol. The first-order chi connectivity index (χ1) is 21.7. The molecule has 1 aliphatic heterocycles. The van der Waals surface area contributed by atoms with Gasteiger partial charge in [-0.25, -0.2) is 18.2 Å². The fourth-order valence-corrected chi connectivity index (χ4v) is 6.95. The smallest absolute Gasteiger partial charge is 0.339 e. The number of aromatic nitrogens is 1. The van der Waals surface area contributed by atoms with Crippen molar-refractivity contribution >= 4 is 49.3 Å². The molecule has 1 fully saturated rings. The highest BCUT2D eigenvalue weighted by atomic mass is 32.2. The van der Waals surface area contributed by atoms with Gasteiger partial charge >= 0.3 is 5.97 Å². The van der Waals surface area contributed by atoms with Crippen molar-refractivity contribution in [1.82, 2.24) is 9.29 Å². The SMILES string of the molecule is COc1ccc2cc(-c3cc(C(=O)OCC(=O)Nc4ccc(C)c(S(=O)(=O)N5CCOCC5)c4)c4ccccc4n3)ccc2c1. The molecule has 1 aromatic heterocycles. The number of benzene rings is 4. The Bertz CT molecular complexity index is 2040. The number of pyridine rings is 1. The second-order valence-corrected chi connectivity index (χ2v) is 12.5. The molecule has 1 aliphatic rings. The van der Waals surface area contributed by atoms with Crippen molar-refractivity contribution in [1.29, 1.82) is 0 Å². The van der Waals surface area contributed by atoms with Gasteiger partial charge in [0.25, 0.3) is 5.91 Å². The van der Waals surface area contributed by atoms with Gasteiger partial charge in [0.15, 0.2) is 6.61 Å². The molecule has 45 heavy (non-hydrogen) atoms. The lowest BCUT2D eigenvalue weighted by Gasteiger charge is -2.26. The van der Waals surface area contributed by atoms with Gasteiger partial charge in [-0.1, -0.05) is 42.5 Å². The molecule has 10 nitrogen and oxygen atoms in total. The summed E-state index contributed by atoms with van der Waals surface area (Å²) in [4.78, 5) is 31.1. The van der Waals surface area contributed by atoms with E-state index in [4.69, 9.17) is 19.2 Å². The molecule has 1 amide bonds. The standard InChI is InChI=1S/C34H31N3O7S/c1-22-7-11-26(19-32(22)45(40,41)37-13-15-43-16-14-37)35-33(38)21-44-34(39)29-20-31(36-30-6-4-3-5-28(29)30)25-9-8-24-18-27(42-2)12-10-23(24)17-25/h3-12,17-20H,13-16,21H2,1-2H3,(H,35,38). The minimum Gasteiger partial charge on any atom is -0.497 e. The number of hydrogen-bond acceptors (Lipinski definition) is 8. The number of para-hydroxylation sites is 1. The Morgan fingerprint density at radius 3 is 2.49 bits per heavy atom. The Morgan fingerprint density at radius 1 is 0.933 bits per heavy atom. The van der Waals surface area contributed by atoms with Crippen LogP contribution in [0.2, 0.25) is 0 Å². The van der Waals surface area contributed by atoms with Gasteiger partial charge in [0.05, 0.1) is 42.0 Å². The quantitative estimate of drug-likeness (QED) is 0.234. The molecule has 0 aliphatic carbocycles. The Balaban J connectivity index is 1.20. The molecular weight excluding hydrogens is 594 g/mol. The van der Waals surface area contributed by atoms with E-state index >= 15 is 0 Å². The average Bonchev–Trinajstić information content (AvgIpc) is 3.07. The molecule has 2 heterocycles. The molecular formula is C34H31N3O7S. The Hall–Kier alpha value is -4.84. The Labute approximate surface area is 260 Å². The maximum atomic E-state index is 13.3. The highest BCUT2D eigenvalue weighted by molar-refractivity contribution is 7.89. The second kappa shape index (κ2) is 12.6. The van der Waals surface area contributed by atoms with Gasteiger partial charge in [-0.3, -0.25) is 4.79 Å². The Kier molecular flexibility index (Phi) is 8.48. The zero-order chi connectivity index (χ0) is 31.6. The molecule has 5 aromatic rings. The van der Waals surface area contributed by atoms with Crippen LogP contribution in [0.4, 0.5) is 5.69 Å². The van der Waals surface area contributed by atoms with Crippen molar-refractivity contribution in [2.75, 3.05) is 45.3 Å². The maximum absolute atomic E-state index is 13.3. The third-order valence-corrected chi connectivity index (χ3v) is 9.71. The first-order valence-corrected chi connectivity index (χ1v) is 15.8. The highest BCUT2D eigenvalue weighted by Gasteiger charge is 2.28. The summed E-state index contributed by atoms with van der Waals surface area (Å²) in [6, 6.07) is 25.2. The van der Waals surface area contributed by atoms with Crippen molar-refractivity contribution in [3.05, 3.63) is 96.1 Å². The topological polar surface area (TPSA) is 124 Å². The summed E-state index contributed by atoms with van der Waals surface area (Å²) in [5.74, 6) is -0.533. The molecule has 1 N–H and O–H groups in total. The number of anilines is 1. The van der Waals surface area contributed by atoms with E-state index in [9.17, 15) is 18.0 Å². The number of nitrogens with one attached hydrogen (secondary N) is 1. The van der Waals surface area contributed by atoms with Gasteiger partial charge in [0.2, 0.25) is 10.0 Å². The van der Waals surface area contributed by atoms with Crippen molar-refractivity contribution in [3.8, 4) is 17.0 Å². The minimum absolute atomic E-state index is 0.0998. The number of aryl methyl sites for hydroxylation is 1. The molecule has 1 saturated heterocycles. The molecule has 0 atom stereocenters. The van der Waals surface area contributed by atoms with E-state index < -0.39 is 28.5 Å². The zero-order valence-electron chi connectivity index (χ0n) is 24.8. The average molecular weight is 626 g/mol. The van der Waals surface area contributed by atoms with Crippen LogP contribution >= 0.6 is 0 Å². The van der Waals surface area contributed by atoms with Crippen LogP contribution < -0.4 is 10.1 Å². The van der Waals surface area contributed by atoms with Crippen LogP contribution in [0.5, 0.6) is 5.75 Å². The number of hydrogen-bond donors (Lipinski definition) is 1. The van der Waals surface area contributed by atoms with E-state index in [1.165, 1.54) is 10.4 Å². The number of carbonyl (C=O) groups excluding carboxylic acids is 2. The summed E-state index contributed by atoms with van der Waals surface area (Å²) in [5, 5.41) is 5.23. The fourth-order valence-electron chi connectivity index (χ4n) is 5.29. The minimum atomic E-state index is -3.77. The number of carbonyl (C=O) groups is 2. The van der Waals surface area contributed by atoms with Crippen LogP contribution in [0.25, 0.3) is 32.9 Å². The maximum Gasteiger partial charge on any atom is 0.339 e. The van der Waals surface area contributed by atoms with Crippen molar-refractivity contribution in [2.24, 2.45) is 0 Å². The number of esters is 1. The number of fused-ring (bicyclic) bond motifs is 2. The summed E-state index contributed by atoms with van der Waals surface area (Å²) in [7, 11) is -2.15. The molecule has 0 unspecified atom stereocenters. The van der Waals surface area contributed by atoms with Crippen LogP contribution in [0, 0.1) is 6.92 Å². The summed E-state index contributed by atoms with van der Waals surface area (Å²) in [5.41, 5.74) is 3.10. The van der Waals surface area contributed by atoms with Crippen LogP contribution in [-0.4, -0.2) is 69.6 Å². The highest BCUT2D eigenvalue weighted by Crippen LogP contribution is 2.30. The number of morpholine rings is 1. The van der Waals surface area contributed by atoms with Crippen molar-refractivity contribution in [3.63, 3.8) is 0 Å². The largest absolute Gasteiger partial charge is 0.497 e. The Morgan fingerprint density at radius 2 is 1.69 bits per heavy atom. The second-order valence-electron chi connectivity index (χ2n) is 10.6. The van der Waals surface area contributed by atoms with Gasteiger partial charge in [0, 0.05) is 29.7 Å². The third-order valence-electron chi connectivity index (χ3n) is 7.67. The third kappa shape index (κ3) is 6.37. The lowest BCUT2D eigenvalue weighted by molar-refractivity contribution is -0.119. The van der Waals surface area contributed by atoms with Gasteiger partial charge in [-0.2, -0.15) is 4.31 Å². The first kappa shape index (κ1) is 30.2. The first-order valence-electron chi connectivity index (χ1n) is 14.4. The summed E-state index contributed by atoms with van der Waals surface area (Å²) in [6.45, 7) is 2.30. The predicted molar refractivity (Wildman–Crippen MR) is 171 cm³/mol. The summed E-state index contributed by atoms with van der Waals surface area (Å²) < 4.78 is 43.9. The van der Waals surface area contributed by atoms with Crippen LogP contribution in [-0.2, 0) is 24.3 Å². The molecule has 4 aromatic carbocycles. The lowest BCUT2D eigenvalue weighted by atomic mass is 10.0. The van der Waals surface area contributed by atoms with E-state index in [0.29, 0.717) is 35.4 Å². The molecule has 11 heteroatoms. The van der Waals surface area contributed by atoms with Crippen LogP contribution in [0.15, 0.2) is 89.8 Å². The van der Waals surface area contributed by atoms with E-state index in [2.05, 4.69) is 5.32 Å². The number of ether oxygens (including phenoxy) is 3. The van der Waals surface area contributed by atoms with Gasteiger partial charge in [-0.15, -0.1) is 0 Å². The molecule has 0 radical (unpaired) electrons. The van der Waals surface area contributed by atoms with Crippen molar-refractivity contribution < 1.29 is 32.2 Å². The molecule has 0 spiro atoms.